The molecule has 2 heterocycles. The third-order valence-electron chi connectivity index (χ3n) is 6.03. The molecule has 0 aliphatic heterocycles. The lowest BCUT2D eigenvalue weighted by molar-refractivity contribution is -0.127. The van der Waals surface area contributed by atoms with Crippen LogP contribution in [0.25, 0.3) is 0 Å². The van der Waals surface area contributed by atoms with Crippen molar-refractivity contribution in [1.82, 2.24) is 10.6 Å². The van der Waals surface area contributed by atoms with Gasteiger partial charge in [-0.15, -0.1) is 0 Å². The van der Waals surface area contributed by atoms with Crippen LogP contribution in [0.2, 0.25) is 0 Å². The number of benzene rings is 1. The summed E-state index contributed by atoms with van der Waals surface area (Å²) in [6.45, 7) is 3.34. The summed E-state index contributed by atoms with van der Waals surface area (Å²) < 4.78 is 11.0. The Morgan fingerprint density at radius 2 is 1.79 bits per heavy atom. The molecule has 1 fully saturated rings. The van der Waals surface area contributed by atoms with Gasteiger partial charge in [-0.05, 0) is 62.6 Å². The average molecular weight is 464 g/mol. The summed E-state index contributed by atoms with van der Waals surface area (Å²) in [5.74, 6) is -0.166. The molecular weight excluding hydrogens is 434 g/mol. The molecule has 1 aliphatic carbocycles. The van der Waals surface area contributed by atoms with E-state index >= 15 is 0 Å². The van der Waals surface area contributed by atoms with Crippen LogP contribution in [0.3, 0.4) is 0 Å². The monoisotopic (exact) mass is 463 g/mol. The highest BCUT2D eigenvalue weighted by molar-refractivity contribution is 6.04. The third-order valence-corrected chi connectivity index (χ3v) is 6.03. The second-order valence-corrected chi connectivity index (χ2v) is 8.55. The van der Waals surface area contributed by atoms with E-state index in [-0.39, 0.29) is 24.3 Å². The number of rotatable bonds is 8. The first-order valence-electron chi connectivity index (χ1n) is 11.5. The Hall–Kier alpha value is -3.81. The highest BCUT2D eigenvalue weighted by Crippen LogP contribution is 2.32. The molecule has 34 heavy (non-hydrogen) atoms. The molecule has 1 aromatic carbocycles. The topological polar surface area (TPSA) is 105 Å². The Balaban J connectivity index is 1.67. The van der Waals surface area contributed by atoms with Crippen LogP contribution >= 0.6 is 0 Å². The van der Waals surface area contributed by atoms with E-state index in [2.05, 4.69) is 10.6 Å². The number of amides is 3. The van der Waals surface area contributed by atoms with Crippen molar-refractivity contribution in [2.45, 2.75) is 51.6 Å². The zero-order chi connectivity index (χ0) is 24.1. The molecule has 3 amide bonds. The molecular formula is C26H29N3O5. The second-order valence-electron chi connectivity index (χ2n) is 8.55. The van der Waals surface area contributed by atoms with E-state index in [1.54, 1.807) is 31.2 Å². The number of nitrogens with zero attached hydrogens (tertiary/aromatic N) is 1. The first kappa shape index (κ1) is 23.4. The van der Waals surface area contributed by atoms with Crippen molar-refractivity contribution < 1.29 is 23.2 Å². The van der Waals surface area contributed by atoms with E-state index in [1.165, 1.54) is 17.2 Å². The zero-order valence-electron chi connectivity index (χ0n) is 19.4. The lowest BCUT2D eigenvalue weighted by Gasteiger charge is -2.32. The maximum absolute atomic E-state index is 13.6. The van der Waals surface area contributed by atoms with Gasteiger partial charge in [0.25, 0.3) is 11.8 Å². The first-order chi connectivity index (χ1) is 16.4. The number of hydrogen-bond donors (Lipinski definition) is 2. The fourth-order valence-corrected chi connectivity index (χ4v) is 4.31. The van der Waals surface area contributed by atoms with Gasteiger partial charge < -0.3 is 19.5 Å². The minimum absolute atomic E-state index is 0.0681. The van der Waals surface area contributed by atoms with Crippen LogP contribution in [-0.4, -0.2) is 30.3 Å². The van der Waals surface area contributed by atoms with Gasteiger partial charge in [-0.1, -0.05) is 31.0 Å². The van der Waals surface area contributed by atoms with Gasteiger partial charge in [-0.3, -0.25) is 19.3 Å². The predicted molar refractivity (Wildman–Crippen MR) is 126 cm³/mol. The van der Waals surface area contributed by atoms with E-state index in [1.807, 2.05) is 25.1 Å². The van der Waals surface area contributed by atoms with Gasteiger partial charge in [0.1, 0.15) is 11.5 Å². The fraction of sp³-hybridized carbons (Fsp3) is 0.346. The Labute approximate surface area is 198 Å². The van der Waals surface area contributed by atoms with Crippen molar-refractivity contribution in [2.75, 3.05) is 11.4 Å². The van der Waals surface area contributed by atoms with Gasteiger partial charge in [0, 0.05) is 11.7 Å². The quantitative estimate of drug-likeness (QED) is 0.524. The van der Waals surface area contributed by atoms with E-state index in [0.29, 0.717) is 17.2 Å². The van der Waals surface area contributed by atoms with Gasteiger partial charge in [0.15, 0.2) is 11.8 Å². The van der Waals surface area contributed by atoms with Crippen molar-refractivity contribution in [3.8, 4) is 0 Å². The Bertz CT molecular complexity index is 1140. The average Bonchev–Trinajstić information content (AvgIpc) is 3.59. The van der Waals surface area contributed by atoms with Crippen LogP contribution in [0.4, 0.5) is 5.69 Å². The van der Waals surface area contributed by atoms with Gasteiger partial charge in [0.05, 0.1) is 12.8 Å². The SMILES string of the molecule is Cc1ccc([C@H](C(=O)NC2CCCC2)N(C(=O)CNC(=O)c2ccco2)c2ccccc2C)o1. The summed E-state index contributed by atoms with van der Waals surface area (Å²) in [6.07, 6.45) is 5.34. The van der Waals surface area contributed by atoms with Crippen LogP contribution in [0.15, 0.2) is 63.6 Å². The molecule has 2 N–H and O–H groups in total. The number of carbonyl (C=O) groups is 3. The highest BCUT2D eigenvalue weighted by Gasteiger charge is 2.37. The van der Waals surface area contributed by atoms with Crippen molar-refractivity contribution in [2.24, 2.45) is 0 Å². The van der Waals surface area contributed by atoms with Crippen LogP contribution in [-0.2, 0) is 9.59 Å². The predicted octanol–water partition coefficient (Wildman–Crippen LogP) is 4.05. The summed E-state index contributed by atoms with van der Waals surface area (Å²) in [4.78, 5) is 41.0. The number of furan rings is 2. The highest BCUT2D eigenvalue weighted by atomic mass is 16.3. The molecule has 3 aromatic rings. The molecule has 0 unspecified atom stereocenters. The second kappa shape index (κ2) is 10.4. The Morgan fingerprint density at radius 1 is 1.03 bits per heavy atom. The molecule has 4 rings (SSSR count). The maximum Gasteiger partial charge on any atom is 0.287 e. The van der Waals surface area contributed by atoms with E-state index < -0.39 is 17.9 Å². The smallest absolute Gasteiger partial charge is 0.287 e. The van der Waals surface area contributed by atoms with Crippen molar-refractivity contribution >= 4 is 23.4 Å². The first-order valence-corrected chi connectivity index (χ1v) is 11.5. The number of hydrogen-bond acceptors (Lipinski definition) is 5. The maximum atomic E-state index is 13.6. The largest absolute Gasteiger partial charge is 0.464 e. The molecule has 0 radical (unpaired) electrons. The van der Waals surface area contributed by atoms with Gasteiger partial charge in [0.2, 0.25) is 5.91 Å². The van der Waals surface area contributed by atoms with E-state index in [9.17, 15) is 14.4 Å². The molecule has 1 atom stereocenters. The van der Waals surface area contributed by atoms with Gasteiger partial charge in [-0.2, -0.15) is 0 Å². The third kappa shape index (κ3) is 5.22. The normalized spacial score (nSPS) is 14.5. The number of aryl methyl sites for hydroxylation is 2. The minimum Gasteiger partial charge on any atom is -0.464 e. The number of nitrogens with one attached hydrogen (secondary N) is 2. The summed E-state index contributed by atoms with van der Waals surface area (Å²) in [7, 11) is 0. The van der Waals surface area contributed by atoms with Crippen molar-refractivity contribution in [1.29, 1.82) is 0 Å². The van der Waals surface area contributed by atoms with Crippen LogP contribution in [0.5, 0.6) is 0 Å². The molecule has 8 heteroatoms. The lowest BCUT2D eigenvalue weighted by atomic mass is 10.1. The van der Waals surface area contributed by atoms with E-state index in [0.717, 1.165) is 31.2 Å². The van der Waals surface area contributed by atoms with Crippen LogP contribution in [0, 0.1) is 13.8 Å². The Morgan fingerprint density at radius 3 is 2.44 bits per heavy atom. The number of para-hydroxylation sites is 1. The summed E-state index contributed by atoms with van der Waals surface area (Å²) in [5.41, 5.74) is 1.38. The molecule has 178 valence electrons. The molecule has 1 aliphatic rings. The van der Waals surface area contributed by atoms with Crippen LogP contribution in [0.1, 0.15) is 59.4 Å². The van der Waals surface area contributed by atoms with Crippen molar-refractivity contribution in [3.63, 3.8) is 0 Å². The van der Waals surface area contributed by atoms with Crippen molar-refractivity contribution in [3.05, 3.63) is 77.6 Å². The fourth-order valence-electron chi connectivity index (χ4n) is 4.31. The molecule has 2 aromatic heterocycles. The number of anilines is 1. The summed E-state index contributed by atoms with van der Waals surface area (Å²) in [5, 5.41) is 5.70. The van der Waals surface area contributed by atoms with Crippen LogP contribution < -0.4 is 15.5 Å². The molecule has 0 spiro atoms. The van der Waals surface area contributed by atoms with E-state index in [4.69, 9.17) is 8.83 Å². The molecule has 1 saturated carbocycles. The standard InChI is InChI=1S/C26H29N3O5/c1-17-8-3-6-11-20(17)29(23(30)16-27-25(31)22-12-7-15-33-22)24(21-14-13-18(2)34-21)26(32)28-19-9-4-5-10-19/h3,6-8,11-15,19,24H,4-5,9-10,16H2,1-2H3,(H,27,31)(H,28,32)/t24-/m1/s1. The lowest BCUT2D eigenvalue weighted by Crippen LogP contribution is -2.49. The molecule has 8 nitrogen and oxygen atoms in total. The number of carbonyl (C=O) groups excluding carboxylic acids is 3. The summed E-state index contributed by atoms with van der Waals surface area (Å²) in [6, 6.07) is 13.0. The van der Waals surface area contributed by atoms with Gasteiger partial charge >= 0.3 is 0 Å². The molecule has 0 bridgehead atoms. The van der Waals surface area contributed by atoms with Gasteiger partial charge in [-0.25, -0.2) is 0 Å². The molecule has 0 saturated heterocycles. The zero-order valence-corrected chi connectivity index (χ0v) is 19.4. The summed E-state index contributed by atoms with van der Waals surface area (Å²) >= 11 is 0. The minimum atomic E-state index is -1.02. The Kier molecular flexibility index (Phi) is 7.15.